The van der Waals surface area contributed by atoms with E-state index in [4.69, 9.17) is 5.73 Å². The molecule has 0 saturated heterocycles. The van der Waals surface area contributed by atoms with Gasteiger partial charge < -0.3 is 10.6 Å². The van der Waals surface area contributed by atoms with Gasteiger partial charge in [-0.2, -0.15) is 0 Å². The Labute approximate surface area is 110 Å². The second kappa shape index (κ2) is 4.63. The molecule has 0 bridgehead atoms. The van der Waals surface area contributed by atoms with Crippen LogP contribution in [-0.4, -0.2) is 6.54 Å². The third kappa shape index (κ3) is 2.08. The molecule has 1 aliphatic rings. The summed E-state index contributed by atoms with van der Waals surface area (Å²) in [5, 5.41) is 0. The van der Waals surface area contributed by atoms with Gasteiger partial charge in [0.25, 0.3) is 0 Å². The van der Waals surface area contributed by atoms with E-state index in [0.29, 0.717) is 5.56 Å². The third-order valence-corrected chi connectivity index (χ3v) is 3.51. The van der Waals surface area contributed by atoms with Crippen LogP contribution in [0.5, 0.6) is 0 Å². The lowest BCUT2D eigenvalue weighted by atomic mass is 10.1. The topological polar surface area (TPSA) is 29.3 Å². The maximum atomic E-state index is 13.8. The molecule has 0 radical (unpaired) electrons. The van der Waals surface area contributed by atoms with E-state index < -0.39 is 0 Å². The first-order valence-electron chi connectivity index (χ1n) is 6.23. The van der Waals surface area contributed by atoms with Crippen molar-refractivity contribution in [2.45, 2.75) is 13.0 Å². The van der Waals surface area contributed by atoms with E-state index in [1.165, 1.54) is 18.2 Å². The van der Waals surface area contributed by atoms with Gasteiger partial charge in [0, 0.05) is 30.0 Å². The van der Waals surface area contributed by atoms with Crippen LogP contribution >= 0.6 is 0 Å². The number of anilines is 2. The number of benzene rings is 2. The molecule has 4 heteroatoms. The average molecular weight is 260 g/mol. The van der Waals surface area contributed by atoms with E-state index in [0.717, 1.165) is 29.9 Å². The lowest BCUT2D eigenvalue weighted by molar-refractivity contribution is 0.610. The SMILES string of the molecule is NCc1ccc(N2CCc3ccc(F)cc32)cc1F. The molecule has 0 aliphatic carbocycles. The molecule has 0 unspecified atom stereocenters. The molecule has 19 heavy (non-hydrogen) atoms. The summed E-state index contributed by atoms with van der Waals surface area (Å²) in [6, 6.07) is 9.71. The summed E-state index contributed by atoms with van der Waals surface area (Å²) in [7, 11) is 0. The minimum Gasteiger partial charge on any atom is -0.341 e. The summed E-state index contributed by atoms with van der Waals surface area (Å²) in [5.74, 6) is -0.588. The zero-order chi connectivity index (χ0) is 13.4. The first-order valence-corrected chi connectivity index (χ1v) is 6.23. The summed E-state index contributed by atoms with van der Waals surface area (Å²) in [6.45, 7) is 0.914. The predicted octanol–water partition coefficient (Wildman–Crippen LogP) is 3.12. The Morgan fingerprint density at radius 2 is 1.95 bits per heavy atom. The van der Waals surface area contributed by atoms with Crippen LogP contribution in [0.3, 0.4) is 0 Å². The highest BCUT2D eigenvalue weighted by Crippen LogP contribution is 2.35. The van der Waals surface area contributed by atoms with Crippen molar-refractivity contribution >= 4 is 11.4 Å². The standard InChI is InChI=1S/C15H14F2N2/c16-12-3-1-10-5-6-19(15(10)7-12)13-4-2-11(9-18)14(17)8-13/h1-4,7-8H,5-6,9,18H2. The molecule has 3 rings (SSSR count). The normalized spacial score (nSPS) is 13.7. The first-order chi connectivity index (χ1) is 9.19. The van der Waals surface area contributed by atoms with Crippen molar-refractivity contribution in [2.24, 2.45) is 5.73 Å². The molecule has 1 aliphatic heterocycles. The Morgan fingerprint density at radius 1 is 1.11 bits per heavy atom. The number of rotatable bonds is 2. The fraction of sp³-hybridized carbons (Fsp3) is 0.200. The van der Waals surface area contributed by atoms with Gasteiger partial charge in [-0.05, 0) is 36.2 Å². The molecule has 2 nitrogen and oxygen atoms in total. The van der Waals surface area contributed by atoms with Crippen LogP contribution in [0.25, 0.3) is 0 Å². The van der Waals surface area contributed by atoms with Gasteiger partial charge in [-0.3, -0.25) is 0 Å². The molecule has 2 aromatic carbocycles. The number of fused-ring (bicyclic) bond motifs is 1. The van der Waals surface area contributed by atoms with Gasteiger partial charge in [-0.1, -0.05) is 12.1 Å². The highest BCUT2D eigenvalue weighted by Gasteiger charge is 2.21. The molecule has 0 atom stereocenters. The van der Waals surface area contributed by atoms with Gasteiger partial charge >= 0.3 is 0 Å². The minimum atomic E-state index is -0.315. The average Bonchev–Trinajstić information content (AvgIpc) is 2.81. The Kier molecular flexibility index (Phi) is 2.95. The second-order valence-corrected chi connectivity index (χ2v) is 4.65. The lowest BCUT2D eigenvalue weighted by Gasteiger charge is -2.20. The number of hydrogen-bond acceptors (Lipinski definition) is 2. The smallest absolute Gasteiger partial charge is 0.129 e. The minimum absolute atomic E-state index is 0.178. The number of halogens is 2. The van der Waals surface area contributed by atoms with Gasteiger partial charge in [0.1, 0.15) is 11.6 Å². The quantitative estimate of drug-likeness (QED) is 0.899. The van der Waals surface area contributed by atoms with Crippen LogP contribution in [0.2, 0.25) is 0 Å². The fourth-order valence-corrected chi connectivity index (χ4v) is 2.49. The zero-order valence-corrected chi connectivity index (χ0v) is 10.4. The summed E-state index contributed by atoms with van der Waals surface area (Å²) < 4.78 is 27.1. The van der Waals surface area contributed by atoms with Crippen molar-refractivity contribution in [3.05, 3.63) is 59.2 Å². The molecule has 0 spiro atoms. The van der Waals surface area contributed by atoms with Crippen LogP contribution < -0.4 is 10.6 Å². The summed E-state index contributed by atoms with van der Waals surface area (Å²) in [4.78, 5) is 1.93. The van der Waals surface area contributed by atoms with E-state index in [-0.39, 0.29) is 18.2 Å². The molecule has 0 saturated carbocycles. The van der Waals surface area contributed by atoms with Crippen molar-refractivity contribution in [1.82, 2.24) is 0 Å². The van der Waals surface area contributed by atoms with Gasteiger partial charge in [0.15, 0.2) is 0 Å². The van der Waals surface area contributed by atoms with Gasteiger partial charge in [-0.25, -0.2) is 8.78 Å². The monoisotopic (exact) mass is 260 g/mol. The highest BCUT2D eigenvalue weighted by molar-refractivity contribution is 5.70. The van der Waals surface area contributed by atoms with Crippen molar-refractivity contribution in [3.8, 4) is 0 Å². The number of nitrogens with zero attached hydrogens (tertiary/aromatic N) is 1. The Bertz CT molecular complexity index is 626. The lowest BCUT2D eigenvalue weighted by Crippen LogP contribution is -2.14. The molecular formula is C15H14F2N2. The van der Waals surface area contributed by atoms with Crippen molar-refractivity contribution in [1.29, 1.82) is 0 Å². The van der Waals surface area contributed by atoms with Crippen LogP contribution in [-0.2, 0) is 13.0 Å². The first kappa shape index (κ1) is 12.1. The molecular weight excluding hydrogens is 246 g/mol. The van der Waals surface area contributed by atoms with Gasteiger partial charge in [0.05, 0.1) is 0 Å². The highest BCUT2D eigenvalue weighted by atomic mass is 19.1. The Morgan fingerprint density at radius 3 is 2.68 bits per heavy atom. The van der Waals surface area contributed by atoms with Crippen molar-refractivity contribution in [2.75, 3.05) is 11.4 Å². The third-order valence-electron chi connectivity index (χ3n) is 3.51. The number of nitrogens with two attached hydrogens (primary N) is 1. The Balaban J connectivity index is 2.01. The van der Waals surface area contributed by atoms with Crippen LogP contribution in [0.15, 0.2) is 36.4 Å². The van der Waals surface area contributed by atoms with Crippen LogP contribution in [0, 0.1) is 11.6 Å². The van der Waals surface area contributed by atoms with Gasteiger partial charge in [-0.15, -0.1) is 0 Å². The summed E-state index contributed by atoms with van der Waals surface area (Å²) in [5.41, 5.74) is 8.58. The largest absolute Gasteiger partial charge is 0.341 e. The molecule has 0 aromatic heterocycles. The number of hydrogen-bond donors (Lipinski definition) is 1. The molecule has 2 N–H and O–H groups in total. The molecule has 1 heterocycles. The van der Waals surface area contributed by atoms with Crippen molar-refractivity contribution in [3.63, 3.8) is 0 Å². The van der Waals surface area contributed by atoms with Crippen molar-refractivity contribution < 1.29 is 8.78 Å². The second-order valence-electron chi connectivity index (χ2n) is 4.65. The maximum Gasteiger partial charge on any atom is 0.129 e. The predicted molar refractivity (Wildman–Crippen MR) is 71.4 cm³/mol. The van der Waals surface area contributed by atoms with E-state index in [1.54, 1.807) is 12.1 Å². The van der Waals surface area contributed by atoms with Gasteiger partial charge in [0.2, 0.25) is 0 Å². The van der Waals surface area contributed by atoms with E-state index >= 15 is 0 Å². The summed E-state index contributed by atoms with van der Waals surface area (Å²) in [6.07, 6.45) is 0.843. The molecule has 0 fully saturated rings. The zero-order valence-electron chi connectivity index (χ0n) is 10.4. The molecule has 0 amide bonds. The fourth-order valence-electron chi connectivity index (χ4n) is 2.49. The van der Waals surface area contributed by atoms with E-state index in [1.807, 2.05) is 11.0 Å². The Hall–Kier alpha value is -1.94. The van der Waals surface area contributed by atoms with E-state index in [9.17, 15) is 8.78 Å². The van der Waals surface area contributed by atoms with Crippen LogP contribution in [0.1, 0.15) is 11.1 Å². The maximum absolute atomic E-state index is 13.8. The molecule has 2 aromatic rings. The van der Waals surface area contributed by atoms with Crippen LogP contribution in [0.4, 0.5) is 20.2 Å². The summed E-state index contributed by atoms with van der Waals surface area (Å²) >= 11 is 0. The molecule has 98 valence electrons. The van der Waals surface area contributed by atoms with E-state index in [2.05, 4.69) is 0 Å².